The van der Waals surface area contributed by atoms with Crippen molar-refractivity contribution in [3.63, 3.8) is 0 Å². The van der Waals surface area contributed by atoms with Gasteiger partial charge in [0.25, 0.3) is 0 Å². The Morgan fingerprint density at radius 3 is 1.15 bits per heavy atom. The third-order valence-electron chi connectivity index (χ3n) is 6.63. The molecule has 0 fully saturated rings. The van der Waals surface area contributed by atoms with Crippen molar-refractivity contribution in [3.05, 3.63) is 70.8 Å². The summed E-state index contributed by atoms with van der Waals surface area (Å²) in [6.45, 7) is 18.7. The summed E-state index contributed by atoms with van der Waals surface area (Å²) in [5.74, 6) is 1.28. The zero-order valence-electron chi connectivity index (χ0n) is 18.9. The molecule has 0 aliphatic rings. The summed E-state index contributed by atoms with van der Waals surface area (Å²) >= 11 is 0. The van der Waals surface area contributed by atoms with Crippen molar-refractivity contribution >= 4 is 0 Å². The lowest BCUT2D eigenvalue weighted by Gasteiger charge is -2.36. The maximum Gasteiger partial charge on any atom is -0.00953 e. The summed E-state index contributed by atoms with van der Waals surface area (Å²) in [4.78, 5) is 0. The second kappa shape index (κ2) is 8.63. The van der Waals surface area contributed by atoms with Crippen LogP contribution in [0.25, 0.3) is 0 Å². The van der Waals surface area contributed by atoms with Crippen molar-refractivity contribution in [1.29, 1.82) is 0 Å². The van der Waals surface area contributed by atoms with Gasteiger partial charge in [-0.15, -0.1) is 0 Å². The van der Waals surface area contributed by atoms with E-state index in [2.05, 4.69) is 104 Å². The highest BCUT2D eigenvalue weighted by Gasteiger charge is 2.31. The van der Waals surface area contributed by atoms with Gasteiger partial charge in [-0.2, -0.15) is 0 Å². The molecule has 0 nitrogen and oxygen atoms in total. The molecule has 148 valence electrons. The second-order valence-corrected chi connectivity index (χ2v) is 9.81. The Kier molecular flexibility index (Phi) is 6.95. The minimum absolute atomic E-state index is 0.146. The number of benzene rings is 2. The molecule has 0 saturated carbocycles. The Balaban J connectivity index is 2.19. The summed E-state index contributed by atoms with van der Waals surface area (Å²) in [7, 11) is 0. The zero-order chi connectivity index (χ0) is 20.2. The molecule has 27 heavy (non-hydrogen) atoms. The van der Waals surface area contributed by atoms with Crippen molar-refractivity contribution in [2.45, 2.75) is 97.3 Å². The smallest absolute Gasteiger partial charge is 0.00953 e. The van der Waals surface area contributed by atoms with Gasteiger partial charge in [0.05, 0.1) is 0 Å². The topological polar surface area (TPSA) is 0 Å². The minimum Gasteiger partial charge on any atom is -0.0648 e. The molecule has 2 aromatic rings. The second-order valence-electron chi connectivity index (χ2n) is 9.81. The minimum atomic E-state index is 0.146. The van der Waals surface area contributed by atoms with E-state index < -0.39 is 0 Å². The highest BCUT2D eigenvalue weighted by atomic mass is 14.4. The van der Waals surface area contributed by atoms with Crippen molar-refractivity contribution < 1.29 is 0 Å². The predicted molar refractivity (Wildman–Crippen MR) is 121 cm³/mol. The van der Waals surface area contributed by atoms with Crippen LogP contribution in [0.15, 0.2) is 48.5 Å². The van der Waals surface area contributed by atoms with E-state index in [1.165, 1.54) is 35.1 Å². The average Bonchev–Trinajstić information content (AvgIpc) is 2.66. The molecule has 0 heteroatoms. The van der Waals surface area contributed by atoms with Gasteiger partial charge in [-0.3, -0.25) is 0 Å². The highest BCUT2D eigenvalue weighted by Crippen LogP contribution is 2.39. The average molecular weight is 365 g/mol. The molecule has 2 atom stereocenters. The molecule has 0 radical (unpaired) electrons. The monoisotopic (exact) mass is 364 g/mol. The van der Waals surface area contributed by atoms with Gasteiger partial charge in [-0.05, 0) is 64.2 Å². The van der Waals surface area contributed by atoms with Crippen molar-refractivity contribution in [2.24, 2.45) is 0 Å². The lowest BCUT2D eigenvalue weighted by atomic mass is 9.68. The quantitative estimate of drug-likeness (QED) is 0.441. The fourth-order valence-corrected chi connectivity index (χ4v) is 4.31. The fraction of sp³-hybridized carbons (Fsp3) is 0.556. The number of hydrogen-bond acceptors (Lipinski definition) is 0. The van der Waals surface area contributed by atoms with Crippen LogP contribution in [0.4, 0.5) is 0 Å². The first-order chi connectivity index (χ1) is 12.6. The Bertz CT molecular complexity index is 637. The normalized spacial score (nSPS) is 14.8. The van der Waals surface area contributed by atoms with Crippen molar-refractivity contribution in [2.75, 3.05) is 0 Å². The van der Waals surface area contributed by atoms with Gasteiger partial charge in [0.2, 0.25) is 0 Å². The number of rotatable bonds is 8. The van der Waals surface area contributed by atoms with E-state index in [9.17, 15) is 0 Å². The highest BCUT2D eigenvalue weighted by molar-refractivity contribution is 5.34. The first kappa shape index (κ1) is 21.7. The molecule has 2 unspecified atom stereocenters. The molecule has 2 aromatic carbocycles. The molecule has 0 bridgehead atoms. The Morgan fingerprint density at radius 2 is 0.889 bits per heavy atom. The zero-order valence-corrected chi connectivity index (χ0v) is 18.9. The van der Waals surface area contributed by atoms with Crippen molar-refractivity contribution in [3.8, 4) is 0 Å². The van der Waals surface area contributed by atoms with Crippen LogP contribution in [0.1, 0.15) is 109 Å². The van der Waals surface area contributed by atoms with E-state index in [4.69, 9.17) is 0 Å². The fourth-order valence-electron chi connectivity index (χ4n) is 4.31. The van der Waals surface area contributed by atoms with E-state index in [-0.39, 0.29) is 10.8 Å². The standard InChI is InChI=1S/C27H40/c1-9-20(3)22-11-15-24(16-12-22)26(5,6)19-27(7,8)25-17-13-23(14-18-25)21(4)10-2/h11-18,20-21H,9-10,19H2,1-8H3. The lowest BCUT2D eigenvalue weighted by molar-refractivity contribution is 0.348. The van der Waals surface area contributed by atoms with Crippen LogP contribution in [0, 0.1) is 0 Å². The maximum atomic E-state index is 2.39. The van der Waals surface area contributed by atoms with Crippen LogP contribution in [0.3, 0.4) is 0 Å². The lowest BCUT2D eigenvalue weighted by Crippen LogP contribution is -2.29. The van der Waals surface area contributed by atoms with Gasteiger partial charge < -0.3 is 0 Å². The SMILES string of the molecule is CCC(C)c1ccc(C(C)(C)CC(C)(C)c2ccc(C(C)CC)cc2)cc1. The molecular weight excluding hydrogens is 324 g/mol. The predicted octanol–water partition coefficient (Wildman–Crippen LogP) is 8.36. The first-order valence-corrected chi connectivity index (χ1v) is 10.8. The molecule has 0 heterocycles. The van der Waals surface area contributed by atoms with Gasteiger partial charge in [0.1, 0.15) is 0 Å². The molecule has 0 saturated heterocycles. The van der Waals surface area contributed by atoms with Crippen LogP contribution in [0.2, 0.25) is 0 Å². The van der Waals surface area contributed by atoms with E-state index in [0.29, 0.717) is 11.8 Å². The summed E-state index contributed by atoms with van der Waals surface area (Å²) in [5.41, 5.74) is 6.09. The van der Waals surface area contributed by atoms with Crippen LogP contribution < -0.4 is 0 Å². The number of hydrogen-bond donors (Lipinski definition) is 0. The van der Waals surface area contributed by atoms with Crippen LogP contribution in [-0.2, 0) is 10.8 Å². The molecule has 0 N–H and O–H groups in total. The van der Waals surface area contributed by atoms with Crippen molar-refractivity contribution in [1.82, 2.24) is 0 Å². The van der Waals surface area contributed by atoms with Crippen LogP contribution in [0.5, 0.6) is 0 Å². The first-order valence-electron chi connectivity index (χ1n) is 10.8. The molecule has 0 aliphatic heterocycles. The summed E-state index contributed by atoms with van der Waals surface area (Å²) in [6.07, 6.45) is 3.52. The van der Waals surface area contributed by atoms with E-state index in [1.54, 1.807) is 0 Å². The maximum absolute atomic E-state index is 2.39. The summed E-state index contributed by atoms with van der Waals surface area (Å²) in [5, 5.41) is 0. The Hall–Kier alpha value is -1.56. The third kappa shape index (κ3) is 5.24. The molecule has 0 aliphatic carbocycles. The van der Waals surface area contributed by atoms with Gasteiger partial charge in [-0.25, -0.2) is 0 Å². The summed E-state index contributed by atoms with van der Waals surface area (Å²) < 4.78 is 0. The molecule has 0 spiro atoms. The molecule has 0 amide bonds. The van der Waals surface area contributed by atoms with E-state index in [1.807, 2.05) is 0 Å². The Labute approximate surface area is 168 Å². The Morgan fingerprint density at radius 1 is 0.593 bits per heavy atom. The third-order valence-corrected chi connectivity index (χ3v) is 6.63. The van der Waals surface area contributed by atoms with Gasteiger partial charge in [0, 0.05) is 0 Å². The molecule has 0 aromatic heterocycles. The van der Waals surface area contributed by atoms with Crippen LogP contribution in [-0.4, -0.2) is 0 Å². The molecular formula is C27H40. The van der Waals surface area contributed by atoms with E-state index in [0.717, 1.165) is 6.42 Å². The van der Waals surface area contributed by atoms with Crippen LogP contribution >= 0.6 is 0 Å². The van der Waals surface area contributed by atoms with Gasteiger partial charge >= 0.3 is 0 Å². The summed E-state index contributed by atoms with van der Waals surface area (Å²) in [6, 6.07) is 18.7. The largest absolute Gasteiger partial charge is 0.0648 e. The van der Waals surface area contributed by atoms with E-state index >= 15 is 0 Å². The van der Waals surface area contributed by atoms with Gasteiger partial charge in [-0.1, -0.05) is 104 Å². The molecule has 2 rings (SSSR count). The van der Waals surface area contributed by atoms with Gasteiger partial charge in [0.15, 0.2) is 0 Å².